The fourth-order valence-corrected chi connectivity index (χ4v) is 1.89. The van der Waals surface area contributed by atoms with Gasteiger partial charge in [-0.15, -0.1) is 0 Å². The Balaban J connectivity index is 3.37. The van der Waals surface area contributed by atoms with E-state index in [9.17, 15) is 0 Å². The van der Waals surface area contributed by atoms with Crippen molar-refractivity contribution >= 4 is 5.69 Å². The number of hydrogen-bond donors (Lipinski definition) is 1. The van der Waals surface area contributed by atoms with E-state index in [0.29, 0.717) is 23.0 Å². The molecule has 5 heteroatoms. The van der Waals surface area contributed by atoms with Gasteiger partial charge in [0, 0.05) is 12.1 Å². The molecule has 1 aromatic rings. The predicted octanol–water partition coefficient (Wildman–Crippen LogP) is 3.57. The van der Waals surface area contributed by atoms with Crippen molar-refractivity contribution < 1.29 is 18.9 Å². The molecule has 0 aliphatic heterocycles. The van der Waals surface area contributed by atoms with Crippen molar-refractivity contribution in [1.82, 2.24) is 0 Å². The summed E-state index contributed by atoms with van der Waals surface area (Å²) in [4.78, 5) is 0. The normalized spacial score (nSPS) is 12.6. The highest BCUT2D eigenvalue weighted by Gasteiger charge is 2.25. The van der Waals surface area contributed by atoms with Gasteiger partial charge in [-0.25, -0.2) is 0 Å². The molecule has 0 saturated heterocycles. The van der Waals surface area contributed by atoms with Gasteiger partial charge in [-0.2, -0.15) is 0 Å². The van der Waals surface area contributed by atoms with Crippen LogP contribution in [0.3, 0.4) is 0 Å². The first-order valence-corrected chi connectivity index (χ1v) is 6.93. The average Bonchev–Trinajstić information content (AvgIpc) is 2.44. The first kappa shape index (κ1) is 17.3. The molecule has 1 N–H and O–H groups in total. The van der Waals surface area contributed by atoms with Crippen LogP contribution in [0, 0.1) is 5.41 Å². The first-order valence-electron chi connectivity index (χ1n) is 6.93. The van der Waals surface area contributed by atoms with E-state index >= 15 is 0 Å². The molecular weight excluding hydrogens is 270 g/mol. The van der Waals surface area contributed by atoms with Gasteiger partial charge in [0.2, 0.25) is 11.5 Å². The van der Waals surface area contributed by atoms with Gasteiger partial charge in [-0.05, 0) is 12.3 Å². The molecule has 0 spiro atoms. The minimum absolute atomic E-state index is 0.103. The first-order chi connectivity index (χ1) is 9.79. The van der Waals surface area contributed by atoms with Crippen LogP contribution >= 0.6 is 0 Å². The fourth-order valence-electron chi connectivity index (χ4n) is 1.89. The van der Waals surface area contributed by atoms with Crippen LogP contribution in [0.5, 0.6) is 23.0 Å². The SMILES string of the molecule is COc1cc(NC(C)C(C)(C)C)c(OC)c(OC)c1OC. The lowest BCUT2D eigenvalue weighted by Gasteiger charge is -2.30. The van der Waals surface area contributed by atoms with E-state index in [4.69, 9.17) is 18.9 Å². The standard InChI is InChI=1S/C16H27NO4/c1-10(16(2,3)4)17-11-9-12(18-5)14(20-7)15(21-8)13(11)19-6/h9-10,17H,1-8H3. The van der Waals surface area contributed by atoms with E-state index in [1.165, 1.54) is 0 Å². The van der Waals surface area contributed by atoms with E-state index in [-0.39, 0.29) is 11.5 Å². The van der Waals surface area contributed by atoms with Crippen LogP contribution in [0.1, 0.15) is 27.7 Å². The van der Waals surface area contributed by atoms with Crippen molar-refractivity contribution in [2.75, 3.05) is 33.8 Å². The van der Waals surface area contributed by atoms with Crippen LogP contribution in [0.25, 0.3) is 0 Å². The number of hydrogen-bond acceptors (Lipinski definition) is 5. The van der Waals surface area contributed by atoms with Crippen LogP contribution in [-0.4, -0.2) is 34.5 Å². The van der Waals surface area contributed by atoms with Crippen LogP contribution in [0.4, 0.5) is 5.69 Å². The summed E-state index contributed by atoms with van der Waals surface area (Å²) in [5, 5.41) is 3.46. The van der Waals surface area contributed by atoms with Gasteiger partial charge >= 0.3 is 0 Å². The van der Waals surface area contributed by atoms with Gasteiger partial charge in [-0.1, -0.05) is 20.8 Å². The Kier molecular flexibility index (Phi) is 5.58. The molecule has 120 valence electrons. The maximum absolute atomic E-state index is 5.50. The molecule has 1 unspecified atom stereocenters. The molecule has 1 atom stereocenters. The molecule has 0 fully saturated rings. The zero-order chi connectivity index (χ0) is 16.2. The molecule has 0 aliphatic rings. The highest BCUT2D eigenvalue weighted by atomic mass is 16.5. The summed E-state index contributed by atoms with van der Waals surface area (Å²) in [7, 11) is 6.36. The van der Waals surface area contributed by atoms with Crippen LogP contribution in [0.2, 0.25) is 0 Å². The third-order valence-corrected chi connectivity index (χ3v) is 3.66. The van der Waals surface area contributed by atoms with Crippen molar-refractivity contribution in [1.29, 1.82) is 0 Å². The van der Waals surface area contributed by atoms with Crippen molar-refractivity contribution in [2.45, 2.75) is 33.7 Å². The summed E-state index contributed by atoms with van der Waals surface area (Å²) in [6.45, 7) is 8.65. The summed E-state index contributed by atoms with van der Waals surface area (Å²) in [5.41, 5.74) is 0.917. The minimum Gasteiger partial charge on any atom is -0.493 e. The number of methoxy groups -OCH3 is 4. The highest BCUT2D eigenvalue weighted by molar-refractivity contribution is 5.73. The van der Waals surface area contributed by atoms with Crippen LogP contribution < -0.4 is 24.3 Å². The Bertz CT molecular complexity index is 480. The molecule has 1 aromatic carbocycles. The number of ether oxygens (including phenoxy) is 4. The van der Waals surface area contributed by atoms with E-state index in [2.05, 4.69) is 33.0 Å². The predicted molar refractivity (Wildman–Crippen MR) is 85.2 cm³/mol. The van der Waals surface area contributed by atoms with Crippen molar-refractivity contribution in [3.05, 3.63) is 6.07 Å². The highest BCUT2D eigenvalue weighted by Crippen LogP contribution is 2.49. The molecule has 1 rings (SSSR count). The lowest BCUT2D eigenvalue weighted by molar-refractivity contribution is 0.305. The molecule has 21 heavy (non-hydrogen) atoms. The summed E-state index contributed by atoms with van der Waals surface area (Å²) in [6.07, 6.45) is 0. The van der Waals surface area contributed by atoms with Gasteiger partial charge in [0.15, 0.2) is 11.5 Å². The van der Waals surface area contributed by atoms with E-state index in [1.54, 1.807) is 28.4 Å². The minimum atomic E-state index is 0.103. The molecule has 0 aliphatic carbocycles. The van der Waals surface area contributed by atoms with Gasteiger partial charge < -0.3 is 24.3 Å². The Morgan fingerprint density at radius 3 is 1.76 bits per heavy atom. The molecule has 0 aromatic heterocycles. The quantitative estimate of drug-likeness (QED) is 0.870. The molecule has 5 nitrogen and oxygen atoms in total. The molecule has 0 amide bonds. The lowest BCUT2D eigenvalue weighted by atomic mass is 9.88. The molecule has 0 heterocycles. The topological polar surface area (TPSA) is 49.0 Å². The molecule has 0 radical (unpaired) electrons. The maximum atomic E-state index is 5.50. The van der Waals surface area contributed by atoms with E-state index < -0.39 is 0 Å². The second-order valence-corrected chi connectivity index (χ2v) is 5.96. The number of benzene rings is 1. The Hall–Kier alpha value is -1.78. The number of nitrogens with one attached hydrogen (secondary N) is 1. The third-order valence-electron chi connectivity index (χ3n) is 3.66. The van der Waals surface area contributed by atoms with Crippen molar-refractivity contribution in [2.24, 2.45) is 5.41 Å². The molecule has 0 saturated carbocycles. The summed E-state index contributed by atoms with van der Waals surface area (Å²) < 4.78 is 21.7. The zero-order valence-electron chi connectivity index (χ0n) is 14.3. The third kappa shape index (κ3) is 3.65. The van der Waals surface area contributed by atoms with Gasteiger partial charge in [0.1, 0.15) is 0 Å². The second kappa shape index (κ2) is 6.78. The molecular formula is C16H27NO4. The molecule has 0 bridgehead atoms. The summed E-state index contributed by atoms with van der Waals surface area (Å²) in [6, 6.07) is 2.09. The van der Waals surface area contributed by atoms with Gasteiger partial charge in [0.05, 0.1) is 34.1 Å². The Labute approximate surface area is 127 Å². The second-order valence-electron chi connectivity index (χ2n) is 5.96. The summed E-state index contributed by atoms with van der Waals surface area (Å²) >= 11 is 0. The van der Waals surface area contributed by atoms with Gasteiger partial charge in [-0.3, -0.25) is 0 Å². The monoisotopic (exact) mass is 297 g/mol. The zero-order valence-corrected chi connectivity index (χ0v) is 14.3. The lowest BCUT2D eigenvalue weighted by Crippen LogP contribution is -2.31. The Morgan fingerprint density at radius 1 is 0.857 bits per heavy atom. The smallest absolute Gasteiger partial charge is 0.209 e. The van der Waals surface area contributed by atoms with E-state index in [0.717, 1.165) is 5.69 Å². The fraction of sp³-hybridized carbons (Fsp3) is 0.625. The van der Waals surface area contributed by atoms with Crippen LogP contribution in [-0.2, 0) is 0 Å². The van der Waals surface area contributed by atoms with Gasteiger partial charge in [0.25, 0.3) is 0 Å². The number of anilines is 1. The number of rotatable bonds is 6. The Morgan fingerprint density at radius 2 is 1.38 bits per heavy atom. The van der Waals surface area contributed by atoms with E-state index in [1.807, 2.05) is 6.07 Å². The van der Waals surface area contributed by atoms with Crippen molar-refractivity contribution in [3.8, 4) is 23.0 Å². The largest absolute Gasteiger partial charge is 0.493 e. The van der Waals surface area contributed by atoms with Crippen LogP contribution in [0.15, 0.2) is 6.07 Å². The average molecular weight is 297 g/mol. The maximum Gasteiger partial charge on any atom is 0.209 e. The van der Waals surface area contributed by atoms with Crippen molar-refractivity contribution in [3.63, 3.8) is 0 Å². The summed E-state index contributed by atoms with van der Waals surface area (Å²) in [5.74, 6) is 2.23.